The maximum Gasteiger partial charge on any atom is 0.166 e. The molecule has 0 radical (unpaired) electrons. The van der Waals surface area contributed by atoms with Gasteiger partial charge in [-0.1, -0.05) is 0 Å². The van der Waals surface area contributed by atoms with E-state index < -0.39 is 0 Å². The van der Waals surface area contributed by atoms with Crippen LogP contribution >= 0.6 is 0 Å². The summed E-state index contributed by atoms with van der Waals surface area (Å²) in [6.45, 7) is 6.69. The highest BCUT2D eigenvalue weighted by atomic mass is 16.5. The maximum absolute atomic E-state index is 9.11. The zero-order valence-electron chi connectivity index (χ0n) is 11.1. The van der Waals surface area contributed by atoms with Gasteiger partial charge in [-0.2, -0.15) is 10.4 Å². The minimum Gasteiger partial charge on any atom is -0.383 e. The number of ether oxygens (including phenoxy) is 1. The van der Waals surface area contributed by atoms with Crippen LogP contribution in [0.4, 0.5) is 5.82 Å². The van der Waals surface area contributed by atoms with Gasteiger partial charge in [-0.15, -0.1) is 5.10 Å². The van der Waals surface area contributed by atoms with Gasteiger partial charge in [0.05, 0.1) is 12.3 Å². The molecule has 0 aliphatic heterocycles. The minimum atomic E-state index is 0.550. The van der Waals surface area contributed by atoms with Crippen molar-refractivity contribution in [2.75, 3.05) is 38.7 Å². The first-order chi connectivity index (χ1) is 8.70. The molecule has 0 unspecified atom stereocenters. The Morgan fingerprint density at radius 2 is 2.00 bits per heavy atom. The number of aromatic nitrogens is 2. The molecule has 1 rings (SSSR count). The first kappa shape index (κ1) is 14.4. The van der Waals surface area contributed by atoms with Crippen LogP contribution in [0.2, 0.25) is 0 Å². The molecule has 1 aromatic heterocycles. The molecule has 0 saturated carbocycles. The van der Waals surface area contributed by atoms with Gasteiger partial charge in [0.1, 0.15) is 11.6 Å². The minimum absolute atomic E-state index is 0.550. The van der Waals surface area contributed by atoms with Crippen molar-refractivity contribution < 1.29 is 4.74 Å². The standard InChI is InChI=1S/C12H19N5O/c1-9-10(2)16-17-12(11(9)8-13)15-5-4-14-6-7-18-3/h14H,4-7H2,1-3H3,(H,15,17). The van der Waals surface area contributed by atoms with Crippen LogP contribution in [0.25, 0.3) is 0 Å². The van der Waals surface area contributed by atoms with Crippen LogP contribution in [-0.4, -0.2) is 43.5 Å². The maximum atomic E-state index is 9.11. The first-order valence-electron chi connectivity index (χ1n) is 5.88. The van der Waals surface area contributed by atoms with Gasteiger partial charge >= 0.3 is 0 Å². The quantitative estimate of drug-likeness (QED) is 0.689. The van der Waals surface area contributed by atoms with Gasteiger partial charge < -0.3 is 15.4 Å². The van der Waals surface area contributed by atoms with Gasteiger partial charge in [-0.05, 0) is 19.4 Å². The van der Waals surface area contributed by atoms with Crippen LogP contribution in [0.5, 0.6) is 0 Å². The summed E-state index contributed by atoms with van der Waals surface area (Å²) in [4.78, 5) is 0. The lowest BCUT2D eigenvalue weighted by Crippen LogP contribution is -2.26. The fraction of sp³-hybridized carbons (Fsp3) is 0.583. The number of rotatable bonds is 7. The first-order valence-corrected chi connectivity index (χ1v) is 5.88. The molecule has 0 fully saturated rings. The monoisotopic (exact) mass is 249 g/mol. The second-order valence-corrected chi connectivity index (χ2v) is 3.92. The Bertz CT molecular complexity index is 427. The van der Waals surface area contributed by atoms with Crippen molar-refractivity contribution in [3.63, 3.8) is 0 Å². The Kier molecular flexibility index (Phi) is 6.05. The lowest BCUT2D eigenvalue weighted by atomic mass is 10.1. The molecule has 0 spiro atoms. The van der Waals surface area contributed by atoms with Crippen molar-refractivity contribution in [1.82, 2.24) is 15.5 Å². The molecule has 6 heteroatoms. The van der Waals surface area contributed by atoms with Crippen LogP contribution in [0, 0.1) is 25.2 Å². The molecule has 98 valence electrons. The van der Waals surface area contributed by atoms with Gasteiger partial charge in [0.2, 0.25) is 0 Å². The van der Waals surface area contributed by atoms with E-state index in [-0.39, 0.29) is 0 Å². The largest absolute Gasteiger partial charge is 0.383 e. The van der Waals surface area contributed by atoms with Crippen molar-refractivity contribution in [2.45, 2.75) is 13.8 Å². The molecule has 1 aromatic rings. The second-order valence-electron chi connectivity index (χ2n) is 3.92. The van der Waals surface area contributed by atoms with Crippen molar-refractivity contribution in [3.8, 4) is 6.07 Å². The average Bonchev–Trinajstić information content (AvgIpc) is 2.38. The fourth-order valence-electron chi connectivity index (χ4n) is 1.44. The van der Waals surface area contributed by atoms with Gasteiger partial charge in [0.15, 0.2) is 5.82 Å². The summed E-state index contributed by atoms with van der Waals surface area (Å²) >= 11 is 0. The van der Waals surface area contributed by atoms with E-state index in [0.717, 1.165) is 24.3 Å². The Hall–Kier alpha value is -1.71. The summed E-state index contributed by atoms with van der Waals surface area (Å²) in [5.74, 6) is 0.550. The summed E-state index contributed by atoms with van der Waals surface area (Å²) in [7, 11) is 1.67. The summed E-state index contributed by atoms with van der Waals surface area (Å²) in [5.41, 5.74) is 2.23. The number of nitrogens with one attached hydrogen (secondary N) is 2. The Labute approximate surface area is 107 Å². The normalized spacial score (nSPS) is 10.1. The van der Waals surface area contributed by atoms with E-state index >= 15 is 0 Å². The number of methoxy groups -OCH3 is 1. The average molecular weight is 249 g/mol. The molecule has 0 aromatic carbocycles. The van der Waals surface area contributed by atoms with E-state index in [0.29, 0.717) is 24.5 Å². The summed E-state index contributed by atoms with van der Waals surface area (Å²) < 4.78 is 4.92. The molecule has 2 N–H and O–H groups in total. The number of hydrogen-bond acceptors (Lipinski definition) is 6. The zero-order valence-corrected chi connectivity index (χ0v) is 11.1. The van der Waals surface area contributed by atoms with E-state index in [1.807, 2.05) is 13.8 Å². The predicted molar refractivity (Wildman–Crippen MR) is 69.5 cm³/mol. The summed E-state index contributed by atoms with van der Waals surface area (Å²) in [6, 6.07) is 2.16. The predicted octanol–water partition coefficient (Wildman–Crippen LogP) is 0.613. The molecular weight excluding hydrogens is 230 g/mol. The Morgan fingerprint density at radius 1 is 1.22 bits per heavy atom. The lowest BCUT2D eigenvalue weighted by Gasteiger charge is -2.09. The third-order valence-electron chi connectivity index (χ3n) is 2.64. The molecule has 0 aliphatic carbocycles. The molecule has 0 atom stereocenters. The molecule has 1 heterocycles. The van der Waals surface area contributed by atoms with E-state index in [9.17, 15) is 0 Å². The fourth-order valence-corrected chi connectivity index (χ4v) is 1.44. The number of anilines is 1. The molecule has 18 heavy (non-hydrogen) atoms. The number of nitriles is 1. The molecule has 0 amide bonds. The number of aryl methyl sites for hydroxylation is 1. The van der Waals surface area contributed by atoms with Crippen LogP contribution in [0.1, 0.15) is 16.8 Å². The summed E-state index contributed by atoms with van der Waals surface area (Å²) in [6.07, 6.45) is 0. The topological polar surface area (TPSA) is 82.9 Å². The molecule has 0 saturated heterocycles. The molecular formula is C12H19N5O. The van der Waals surface area contributed by atoms with Gasteiger partial charge in [-0.3, -0.25) is 0 Å². The van der Waals surface area contributed by atoms with Crippen molar-refractivity contribution >= 4 is 5.82 Å². The highest BCUT2D eigenvalue weighted by Crippen LogP contribution is 2.16. The Balaban J connectivity index is 2.48. The van der Waals surface area contributed by atoms with Gasteiger partial charge in [0.25, 0.3) is 0 Å². The van der Waals surface area contributed by atoms with E-state index in [1.165, 1.54) is 0 Å². The van der Waals surface area contributed by atoms with E-state index in [2.05, 4.69) is 26.9 Å². The van der Waals surface area contributed by atoms with Gasteiger partial charge in [0, 0.05) is 26.7 Å². The molecule has 0 bridgehead atoms. The Morgan fingerprint density at radius 3 is 2.67 bits per heavy atom. The van der Waals surface area contributed by atoms with Crippen molar-refractivity contribution in [1.29, 1.82) is 5.26 Å². The highest BCUT2D eigenvalue weighted by molar-refractivity contribution is 5.55. The number of hydrogen-bond donors (Lipinski definition) is 2. The van der Waals surface area contributed by atoms with Crippen LogP contribution in [0.3, 0.4) is 0 Å². The van der Waals surface area contributed by atoms with Crippen molar-refractivity contribution in [3.05, 3.63) is 16.8 Å². The summed E-state index contributed by atoms with van der Waals surface area (Å²) in [5, 5.41) is 23.4. The van der Waals surface area contributed by atoms with Gasteiger partial charge in [-0.25, -0.2) is 0 Å². The lowest BCUT2D eigenvalue weighted by molar-refractivity contribution is 0.200. The van der Waals surface area contributed by atoms with Crippen LogP contribution in [-0.2, 0) is 4.74 Å². The molecule has 0 aliphatic rings. The third-order valence-corrected chi connectivity index (χ3v) is 2.64. The SMILES string of the molecule is COCCNCCNc1nnc(C)c(C)c1C#N. The number of nitrogens with zero attached hydrogens (tertiary/aromatic N) is 3. The van der Waals surface area contributed by atoms with Crippen molar-refractivity contribution in [2.24, 2.45) is 0 Å². The second kappa shape index (κ2) is 7.58. The van der Waals surface area contributed by atoms with E-state index in [4.69, 9.17) is 10.00 Å². The zero-order chi connectivity index (χ0) is 13.4. The highest BCUT2D eigenvalue weighted by Gasteiger charge is 2.09. The third kappa shape index (κ3) is 3.95. The smallest absolute Gasteiger partial charge is 0.166 e. The molecule has 6 nitrogen and oxygen atoms in total. The van der Waals surface area contributed by atoms with E-state index in [1.54, 1.807) is 7.11 Å². The van der Waals surface area contributed by atoms with Crippen LogP contribution in [0.15, 0.2) is 0 Å². The van der Waals surface area contributed by atoms with Crippen LogP contribution < -0.4 is 10.6 Å².